The maximum atomic E-state index is 13.0. The minimum atomic E-state index is -4.52. The molecule has 0 unspecified atom stereocenters. The molecule has 0 spiro atoms. The molecule has 0 amide bonds. The fourth-order valence-electron chi connectivity index (χ4n) is 2.59. The van der Waals surface area contributed by atoms with E-state index in [-0.39, 0.29) is 5.56 Å². The first-order valence-corrected chi connectivity index (χ1v) is 7.54. The zero-order valence-electron chi connectivity index (χ0n) is 12.9. The zero-order chi connectivity index (χ0) is 17.5. The summed E-state index contributed by atoms with van der Waals surface area (Å²) in [6, 6.07) is 15.7. The lowest BCUT2D eigenvalue weighted by Gasteiger charge is -2.14. The third-order valence-electron chi connectivity index (χ3n) is 4.00. The monoisotopic (exact) mass is 343 g/mol. The molecule has 0 fully saturated rings. The molecule has 3 aromatic rings. The van der Waals surface area contributed by atoms with Gasteiger partial charge in [-0.25, -0.2) is 4.68 Å². The molecule has 0 atom stereocenters. The van der Waals surface area contributed by atoms with Crippen molar-refractivity contribution in [3.63, 3.8) is 0 Å². The molecule has 0 radical (unpaired) electrons. The lowest BCUT2D eigenvalue weighted by atomic mass is 10.0. The molecule has 0 aliphatic carbocycles. The Morgan fingerprint density at radius 3 is 2.20 bits per heavy atom. The van der Waals surface area contributed by atoms with E-state index in [0.29, 0.717) is 17.8 Å². The molecule has 1 aromatic heterocycles. The fourth-order valence-corrected chi connectivity index (χ4v) is 2.59. The highest BCUT2D eigenvalue weighted by molar-refractivity contribution is 5.58. The summed E-state index contributed by atoms with van der Waals surface area (Å²) in [6.07, 6.45) is -2.76. The second-order valence-electron chi connectivity index (χ2n) is 5.73. The number of aromatic nitrogens is 3. The first kappa shape index (κ1) is 15.5. The molecule has 1 aliphatic heterocycles. The van der Waals surface area contributed by atoms with Crippen LogP contribution in [-0.4, -0.2) is 21.2 Å². The van der Waals surface area contributed by atoms with E-state index in [0.717, 1.165) is 5.56 Å². The van der Waals surface area contributed by atoms with Crippen LogP contribution in [0.2, 0.25) is 0 Å². The van der Waals surface area contributed by atoms with Crippen molar-refractivity contribution >= 4 is 0 Å². The van der Waals surface area contributed by atoms with Gasteiger partial charge < -0.3 is 0 Å². The number of benzene rings is 2. The van der Waals surface area contributed by atoms with Crippen LogP contribution in [-0.2, 0) is 12.2 Å². The first-order chi connectivity index (χ1) is 12.0. The minimum Gasteiger partial charge on any atom is -0.247 e. The van der Waals surface area contributed by atoms with Gasteiger partial charge in [-0.1, -0.05) is 59.8 Å². The van der Waals surface area contributed by atoms with Gasteiger partial charge in [0.2, 0.25) is 0 Å². The van der Waals surface area contributed by atoms with Gasteiger partial charge in [-0.05, 0) is 5.56 Å². The highest BCUT2D eigenvalue weighted by atomic mass is 19.4. The number of hydrogen-bond donors (Lipinski definition) is 0. The Labute approximate surface area is 140 Å². The Bertz CT molecular complexity index is 907. The molecule has 0 N–H and O–H groups in total. The number of hydrogen-bond acceptors (Lipinski definition) is 4. The molecule has 1 aliphatic rings. The third kappa shape index (κ3) is 2.79. The van der Waals surface area contributed by atoms with Gasteiger partial charge in [-0.3, -0.25) is 0 Å². The van der Waals surface area contributed by atoms with E-state index in [4.69, 9.17) is 0 Å². The summed E-state index contributed by atoms with van der Waals surface area (Å²) in [7, 11) is 0. The molecule has 2 aromatic carbocycles. The molecule has 8 heteroatoms. The standard InChI is InChI=1S/C17H12F3N5/c18-17(19,20)16(22-23-16)14-8-6-13(7-9-14)15-11-25(24-21-15)10-12-4-2-1-3-5-12/h1-9,11H,10H2. The van der Waals surface area contributed by atoms with Crippen LogP contribution in [0, 0.1) is 0 Å². The van der Waals surface area contributed by atoms with Crippen LogP contribution in [0.1, 0.15) is 11.1 Å². The van der Waals surface area contributed by atoms with Gasteiger partial charge in [0.1, 0.15) is 5.69 Å². The van der Waals surface area contributed by atoms with Gasteiger partial charge in [-0.15, -0.1) is 15.3 Å². The maximum absolute atomic E-state index is 13.0. The zero-order valence-corrected chi connectivity index (χ0v) is 12.9. The van der Waals surface area contributed by atoms with Gasteiger partial charge in [-0.2, -0.15) is 13.2 Å². The summed E-state index contributed by atoms with van der Waals surface area (Å²) < 4.78 is 40.7. The van der Waals surface area contributed by atoms with E-state index < -0.39 is 11.8 Å². The molecule has 2 heterocycles. The van der Waals surface area contributed by atoms with E-state index in [9.17, 15) is 13.2 Å². The van der Waals surface area contributed by atoms with Crippen molar-refractivity contribution in [2.75, 3.05) is 0 Å². The van der Waals surface area contributed by atoms with Crippen molar-refractivity contribution in [1.29, 1.82) is 0 Å². The van der Waals surface area contributed by atoms with Gasteiger partial charge in [0.05, 0.1) is 12.7 Å². The highest BCUT2D eigenvalue weighted by Gasteiger charge is 2.65. The topological polar surface area (TPSA) is 55.4 Å². The van der Waals surface area contributed by atoms with E-state index in [1.54, 1.807) is 23.0 Å². The van der Waals surface area contributed by atoms with Crippen molar-refractivity contribution in [3.05, 3.63) is 71.9 Å². The SMILES string of the molecule is FC(F)(F)C1(c2ccc(-c3cn(Cc4ccccc4)nn3)cc2)N=N1. The molecular formula is C17H12F3N5. The van der Waals surface area contributed by atoms with Crippen molar-refractivity contribution in [2.24, 2.45) is 10.2 Å². The van der Waals surface area contributed by atoms with Crippen LogP contribution in [0.4, 0.5) is 13.2 Å². The van der Waals surface area contributed by atoms with Crippen LogP contribution in [0.3, 0.4) is 0 Å². The average Bonchev–Trinajstić information content (AvgIpc) is 3.31. The van der Waals surface area contributed by atoms with Crippen LogP contribution in [0.25, 0.3) is 11.3 Å². The molecule has 25 heavy (non-hydrogen) atoms. The summed E-state index contributed by atoms with van der Waals surface area (Å²) in [5.41, 5.74) is -0.0377. The van der Waals surface area contributed by atoms with E-state index in [1.165, 1.54) is 12.1 Å². The number of rotatable bonds is 4. The normalized spacial score (nSPS) is 15.3. The van der Waals surface area contributed by atoms with E-state index >= 15 is 0 Å². The lowest BCUT2D eigenvalue weighted by Crippen LogP contribution is -2.29. The minimum absolute atomic E-state index is 0.000396. The number of nitrogens with zero attached hydrogens (tertiary/aromatic N) is 5. The molecule has 0 saturated heterocycles. The van der Waals surface area contributed by atoms with Crippen LogP contribution < -0.4 is 0 Å². The Balaban J connectivity index is 1.54. The number of alkyl halides is 3. The number of halogens is 3. The van der Waals surface area contributed by atoms with E-state index in [1.807, 2.05) is 30.3 Å². The summed E-state index contributed by atoms with van der Waals surface area (Å²) in [5, 5.41) is 14.5. The van der Waals surface area contributed by atoms with Crippen molar-refractivity contribution in [3.8, 4) is 11.3 Å². The Hall–Kier alpha value is -3.03. The van der Waals surface area contributed by atoms with E-state index in [2.05, 4.69) is 20.5 Å². The predicted molar refractivity (Wildman–Crippen MR) is 83.6 cm³/mol. The van der Waals surface area contributed by atoms with Gasteiger partial charge in [0, 0.05) is 11.1 Å². The Morgan fingerprint density at radius 2 is 1.60 bits per heavy atom. The Morgan fingerprint density at radius 1 is 0.920 bits per heavy atom. The molecule has 126 valence electrons. The third-order valence-corrected chi connectivity index (χ3v) is 4.00. The van der Waals surface area contributed by atoms with Gasteiger partial charge in [0.15, 0.2) is 0 Å². The molecule has 0 saturated carbocycles. The van der Waals surface area contributed by atoms with Gasteiger partial charge in [0.25, 0.3) is 0 Å². The first-order valence-electron chi connectivity index (χ1n) is 7.54. The molecule has 5 nitrogen and oxygen atoms in total. The largest absolute Gasteiger partial charge is 0.442 e. The van der Waals surface area contributed by atoms with Crippen molar-refractivity contribution in [2.45, 2.75) is 18.4 Å². The Kier molecular flexibility index (Phi) is 3.41. The van der Waals surface area contributed by atoms with Crippen LogP contribution in [0.5, 0.6) is 0 Å². The molecule has 4 rings (SSSR count). The average molecular weight is 343 g/mol. The fraction of sp³-hybridized carbons (Fsp3) is 0.176. The van der Waals surface area contributed by atoms with Gasteiger partial charge >= 0.3 is 11.8 Å². The second-order valence-corrected chi connectivity index (χ2v) is 5.73. The van der Waals surface area contributed by atoms with Crippen LogP contribution >= 0.6 is 0 Å². The molecular weight excluding hydrogens is 331 g/mol. The second kappa shape index (κ2) is 5.51. The molecule has 0 bridgehead atoms. The summed E-state index contributed by atoms with van der Waals surface area (Å²) in [4.78, 5) is 0. The highest BCUT2D eigenvalue weighted by Crippen LogP contribution is 2.52. The smallest absolute Gasteiger partial charge is 0.247 e. The maximum Gasteiger partial charge on any atom is 0.442 e. The summed E-state index contributed by atoms with van der Waals surface area (Å²) in [5.74, 6) is 0. The quantitative estimate of drug-likeness (QED) is 0.714. The summed E-state index contributed by atoms with van der Waals surface area (Å²) in [6.45, 7) is 0.570. The summed E-state index contributed by atoms with van der Waals surface area (Å²) >= 11 is 0. The predicted octanol–water partition coefficient (Wildman–Crippen LogP) is 4.17. The van der Waals surface area contributed by atoms with Crippen LogP contribution in [0.15, 0.2) is 71.0 Å². The lowest BCUT2D eigenvalue weighted by molar-refractivity contribution is -0.166. The van der Waals surface area contributed by atoms with Crippen molar-refractivity contribution in [1.82, 2.24) is 15.0 Å². The van der Waals surface area contributed by atoms with Crippen molar-refractivity contribution < 1.29 is 13.2 Å².